The van der Waals surface area contributed by atoms with Gasteiger partial charge in [-0.1, -0.05) is 29.8 Å². The van der Waals surface area contributed by atoms with Crippen molar-refractivity contribution in [1.29, 1.82) is 0 Å². The summed E-state index contributed by atoms with van der Waals surface area (Å²) in [4.78, 5) is 11.5. The average molecular weight is 254 g/mol. The molecular formula is C13H16ClNO2. The molecule has 0 bridgehead atoms. The number of amides is 1. The zero-order valence-electron chi connectivity index (χ0n) is 9.69. The van der Waals surface area contributed by atoms with Crippen molar-refractivity contribution in [2.75, 3.05) is 0 Å². The molecule has 1 aromatic rings. The van der Waals surface area contributed by atoms with E-state index in [-0.39, 0.29) is 18.4 Å². The van der Waals surface area contributed by atoms with Crippen LogP contribution in [0.5, 0.6) is 0 Å². The van der Waals surface area contributed by atoms with Crippen molar-refractivity contribution in [3.63, 3.8) is 0 Å². The SMILES string of the molecule is C=CC(C)NC(=O)CC(O)c1ccc(Cl)cc1. The van der Waals surface area contributed by atoms with Crippen molar-refractivity contribution in [3.8, 4) is 0 Å². The number of aliphatic hydroxyl groups is 1. The molecule has 3 nitrogen and oxygen atoms in total. The first-order valence-electron chi connectivity index (χ1n) is 5.38. The highest BCUT2D eigenvalue weighted by Crippen LogP contribution is 2.18. The second-order valence-corrected chi connectivity index (χ2v) is 4.30. The van der Waals surface area contributed by atoms with Crippen molar-refractivity contribution in [2.45, 2.75) is 25.5 Å². The highest BCUT2D eigenvalue weighted by atomic mass is 35.5. The third-order valence-corrected chi connectivity index (χ3v) is 2.63. The first-order chi connectivity index (χ1) is 8.02. The Bertz CT molecular complexity index is 389. The Hall–Kier alpha value is -1.32. The fourth-order valence-electron chi connectivity index (χ4n) is 1.35. The van der Waals surface area contributed by atoms with Crippen LogP contribution in [0.3, 0.4) is 0 Å². The topological polar surface area (TPSA) is 49.3 Å². The maximum absolute atomic E-state index is 11.5. The lowest BCUT2D eigenvalue weighted by molar-refractivity contribution is -0.123. The number of halogens is 1. The highest BCUT2D eigenvalue weighted by Gasteiger charge is 2.13. The summed E-state index contributed by atoms with van der Waals surface area (Å²) in [6.45, 7) is 5.39. The van der Waals surface area contributed by atoms with Gasteiger partial charge in [0.05, 0.1) is 12.5 Å². The number of rotatable bonds is 5. The first kappa shape index (κ1) is 13.7. The molecule has 0 aromatic heterocycles. The van der Waals surface area contributed by atoms with Crippen molar-refractivity contribution >= 4 is 17.5 Å². The summed E-state index contributed by atoms with van der Waals surface area (Å²) in [5.74, 6) is -0.208. The number of hydrogen-bond donors (Lipinski definition) is 2. The molecule has 1 aromatic carbocycles. The Balaban J connectivity index is 2.54. The maximum Gasteiger partial charge on any atom is 0.223 e. The fourth-order valence-corrected chi connectivity index (χ4v) is 1.48. The third kappa shape index (κ3) is 4.59. The summed E-state index contributed by atoms with van der Waals surface area (Å²) in [5, 5.41) is 13.1. The average Bonchev–Trinajstić information content (AvgIpc) is 2.29. The van der Waals surface area contributed by atoms with E-state index in [0.29, 0.717) is 10.6 Å². The summed E-state index contributed by atoms with van der Waals surface area (Å²) in [5.41, 5.74) is 0.677. The monoisotopic (exact) mass is 253 g/mol. The summed E-state index contributed by atoms with van der Waals surface area (Å²) in [7, 11) is 0. The Morgan fingerprint density at radius 3 is 2.65 bits per heavy atom. The van der Waals surface area contributed by atoms with Gasteiger partial charge in [-0.15, -0.1) is 6.58 Å². The summed E-state index contributed by atoms with van der Waals surface area (Å²) >= 11 is 5.74. The van der Waals surface area contributed by atoms with Gasteiger partial charge in [0.15, 0.2) is 0 Å². The minimum Gasteiger partial charge on any atom is -0.388 e. The molecule has 0 fully saturated rings. The van der Waals surface area contributed by atoms with Gasteiger partial charge in [-0.2, -0.15) is 0 Å². The molecule has 0 saturated carbocycles. The fraction of sp³-hybridized carbons (Fsp3) is 0.308. The van der Waals surface area contributed by atoms with Crippen LogP contribution in [0, 0.1) is 0 Å². The van der Waals surface area contributed by atoms with Crippen LogP contribution in [0.1, 0.15) is 25.0 Å². The normalized spacial score (nSPS) is 13.8. The second-order valence-electron chi connectivity index (χ2n) is 3.86. The molecule has 0 heterocycles. The predicted octanol–water partition coefficient (Wildman–Crippen LogP) is 2.45. The first-order valence-corrected chi connectivity index (χ1v) is 5.76. The Labute approximate surface area is 106 Å². The van der Waals surface area contributed by atoms with Crippen LogP contribution in [0.15, 0.2) is 36.9 Å². The Kier molecular flexibility index (Phi) is 5.19. The van der Waals surface area contributed by atoms with Gasteiger partial charge in [-0.25, -0.2) is 0 Å². The van der Waals surface area contributed by atoms with Crippen LogP contribution in [0.25, 0.3) is 0 Å². The number of hydrogen-bond acceptors (Lipinski definition) is 2. The number of nitrogens with one attached hydrogen (secondary N) is 1. The van der Waals surface area contributed by atoms with Crippen LogP contribution >= 0.6 is 11.6 Å². The van der Waals surface area contributed by atoms with E-state index in [9.17, 15) is 9.90 Å². The molecule has 17 heavy (non-hydrogen) atoms. The lowest BCUT2D eigenvalue weighted by Crippen LogP contribution is -2.31. The van der Waals surface area contributed by atoms with E-state index < -0.39 is 6.10 Å². The van der Waals surface area contributed by atoms with E-state index in [0.717, 1.165) is 0 Å². The van der Waals surface area contributed by atoms with Gasteiger partial charge in [0.1, 0.15) is 0 Å². The molecule has 2 atom stereocenters. The van der Waals surface area contributed by atoms with E-state index in [2.05, 4.69) is 11.9 Å². The molecule has 4 heteroatoms. The van der Waals surface area contributed by atoms with Crippen LogP contribution in [-0.4, -0.2) is 17.1 Å². The molecule has 0 aliphatic rings. The zero-order valence-corrected chi connectivity index (χ0v) is 10.4. The lowest BCUT2D eigenvalue weighted by Gasteiger charge is -2.13. The van der Waals surface area contributed by atoms with E-state index in [1.807, 2.05) is 6.92 Å². The van der Waals surface area contributed by atoms with Crippen LogP contribution in [-0.2, 0) is 4.79 Å². The van der Waals surface area contributed by atoms with Crippen LogP contribution in [0.2, 0.25) is 5.02 Å². The van der Waals surface area contributed by atoms with Crippen LogP contribution < -0.4 is 5.32 Å². The quantitative estimate of drug-likeness (QED) is 0.792. The van der Waals surface area contributed by atoms with Gasteiger partial charge < -0.3 is 10.4 Å². The molecule has 1 amide bonds. The van der Waals surface area contributed by atoms with E-state index in [1.165, 1.54) is 0 Å². The number of benzene rings is 1. The largest absolute Gasteiger partial charge is 0.388 e. The van der Waals surface area contributed by atoms with Crippen molar-refractivity contribution in [3.05, 3.63) is 47.5 Å². The maximum atomic E-state index is 11.5. The molecule has 2 unspecified atom stereocenters. The lowest BCUT2D eigenvalue weighted by atomic mass is 10.1. The van der Waals surface area contributed by atoms with Gasteiger partial charge in [-0.3, -0.25) is 4.79 Å². The summed E-state index contributed by atoms with van der Waals surface area (Å²) < 4.78 is 0. The highest BCUT2D eigenvalue weighted by molar-refractivity contribution is 6.30. The number of aliphatic hydroxyl groups excluding tert-OH is 1. The Morgan fingerprint density at radius 1 is 1.53 bits per heavy atom. The molecule has 0 radical (unpaired) electrons. The number of carbonyl (C=O) groups excluding carboxylic acids is 1. The van der Waals surface area contributed by atoms with Crippen molar-refractivity contribution in [2.24, 2.45) is 0 Å². The molecular weight excluding hydrogens is 238 g/mol. The van der Waals surface area contributed by atoms with Gasteiger partial charge in [0, 0.05) is 11.1 Å². The minimum absolute atomic E-state index is 0.0276. The van der Waals surface area contributed by atoms with Gasteiger partial charge >= 0.3 is 0 Å². The van der Waals surface area contributed by atoms with Crippen molar-refractivity contribution < 1.29 is 9.90 Å². The Morgan fingerprint density at radius 2 is 2.12 bits per heavy atom. The third-order valence-electron chi connectivity index (χ3n) is 2.38. The van der Waals surface area contributed by atoms with E-state index in [4.69, 9.17) is 11.6 Å². The zero-order chi connectivity index (χ0) is 12.8. The molecule has 92 valence electrons. The minimum atomic E-state index is -0.815. The molecule has 0 spiro atoms. The number of carbonyl (C=O) groups is 1. The van der Waals surface area contributed by atoms with Gasteiger partial charge in [-0.05, 0) is 24.6 Å². The summed E-state index contributed by atoms with van der Waals surface area (Å²) in [6, 6.07) is 6.68. The smallest absolute Gasteiger partial charge is 0.223 e. The molecule has 1 rings (SSSR count). The predicted molar refractivity (Wildman–Crippen MR) is 68.8 cm³/mol. The van der Waals surface area contributed by atoms with E-state index in [1.54, 1.807) is 30.3 Å². The summed E-state index contributed by atoms with van der Waals surface area (Å²) in [6.07, 6.45) is 0.844. The van der Waals surface area contributed by atoms with Gasteiger partial charge in [0.2, 0.25) is 5.91 Å². The molecule has 0 aliphatic carbocycles. The van der Waals surface area contributed by atoms with Gasteiger partial charge in [0.25, 0.3) is 0 Å². The molecule has 0 aliphatic heterocycles. The van der Waals surface area contributed by atoms with Crippen LogP contribution in [0.4, 0.5) is 0 Å². The molecule has 2 N–H and O–H groups in total. The van der Waals surface area contributed by atoms with E-state index >= 15 is 0 Å². The van der Waals surface area contributed by atoms with Crippen molar-refractivity contribution in [1.82, 2.24) is 5.32 Å². The standard InChI is InChI=1S/C13H16ClNO2/c1-3-9(2)15-13(17)8-12(16)10-4-6-11(14)7-5-10/h3-7,9,12,16H,1,8H2,2H3,(H,15,17). The second kappa shape index (κ2) is 6.42. The molecule has 0 saturated heterocycles.